The van der Waals surface area contributed by atoms with Crippen LogP contribution in [-0.4, -0.2) is 50.5 Å². The van der Waals surface area contributed by atoms with Crippen molar-refractivity contribution in [2.24, 2.45) is 0 Å². The van der Waals surface area contributed by atoms with Crippen molar-refractivity contribution >= 4 is 5.69 Å². The fraction of sp³-hybridized carbons (Fsp3) is 0.684. The molecule has 1 aromatic carbocycles. The maximum atomic E-state index is 10.8. The van der Waals surface area contributed by atoms with Gasteiger partial charge >= 0.3 is 0 Å². The minimum Gasteiger partial charge on any atom is -1.00 e. The predicted octanol–water partition coefficient (Wildman–Crippen LogP) is -5.55. The molecule has 1 unspecified atom stereocenters. The Morgan fingerprint density at radius 1 is 1.08 bits per heavy atom. The Bertz CT molecular complexity index is 482. The number of ether oxygens (including phenoxy) is 1. The van der Waals surface area contributed by atoms with Crippen molar-refractivity contribution in [1.82, 2.24) is 0 Å². The Kier molecular flexibility index (Phi) is 11.7. The summed E-state index contributed by atoms with van der Waals surface area (Å²) in [6, 6.07) is 8.33. The van der Waals surface area contributed by atoms with E-state index in [2.05, 4.69) is 26.0 Å². The van der Waals surface area contributed by atoms with Gasteiger partial charge in [0.1, 0.15) is 38.3 Å². The Morgan fingerprint density at radius 2 is 1.72 bits per heavy atom. The number of hydrogen-bond donors (Lipinski definition) is 3. The number of halogens is 2. The lowest BCUT2D eigenvalue weighted by molar-refractivity contribution is -0.989. The third-order valence-corrected chi connectivity index (χ3v) is 5.28. The lowest BCUT2D eigenvalue weighted by Gasteiger charge is -2.35. The minimum atomic E-state index is -0.479. The molecule has 1 heterocycles. The van der Waals surface area contributed by atoms with Crippen molar-refractivity contribution in [2.75, 3.05) is 39.8 Å². The minimum absolute atomic E-state index is 0. The van der Waals surface area contributed by atoms with Gasteiger partial charge in [0.15, 0.2) is 11.4 Å². The summed E-state index contributed by atoms with van der Waals surface area (Å²) in [5.74, 6) is 0.985. The summed E-state index contributed by atoms with van der Waals surface area (Å²) in [6.07, 6.45) is 4.08. The van der Waals surface area contributed by atoms with Crippen LogP contribution in [0.25, 0.3) is 0 Å². The molecule has 0 amide bonds. The van der Waals surface area contributed by atoms with E-state index >= 15 is 0 Å². The van der Waals surface area contributed by atoms with E-state index in [4.69, 9.17) is 4.74 Å². The number of quaternary nitrogens is 2. The molecule has 3 N–H and O–H groups in total. The zero-order chi connectivity index (χ0) is 16.7. The summed E-state index contributed by atoms with van der Waals surface area (Å²) < 4.78 is 5.50. The SMILES string of the molecule is CCCCC(O)(CC)C[NH+]1CC[NH+](c2ccccc2OC)CC1.[Cl-].[Cl-]. The molecule has 4 nitrogen and oxygen atoms in total. The van der Waals surface area contributed by atoms with Crippen LogP contribution in [0.1, 0.15) is 39.5 Å². The first-order valence-electron chi connectivity index (χ1n) is 9.16. The fourth-order valence-corrected chi connectivity index (χ4v) is 3.65. The third-order valence-electron chi connectivity index (χ3n) is 5.28. The van der Waals surface area contributed by atoms with Crippen molar-refractivity contribution in [2.45, 2.75) is 45.1 Å². The fourth-order valence-electron chi connectivity index (χ4n) is 3.65. The van der Waals surface area contributed by atoms with Crippen molar-refractivity contribution in [1.29, 1.82) is 0 Å². The Labute approximate surface area is 165 Å². The molecule has 0 bridgehead atoms. The number of unbranched alkanes of at least 4 members (excludes halogenated alkanes) is 1. The number of rotatable bonds is 8. The van der Waals surface area contributed by atoms with E-state index < -0.39 is 5.60 Å². The summed E-state index contributed by atoms with van der Waals surface area (Å²) in [6.45, 7) is 9.63. The molecule has 1 aliphatic rings. The van der Waals surface area contributed by atoms with E-state index in [-0.39, 0.29) is 24.8 Å². The van der Waals surface area contributed by atoms with Crippen LogP contribution in [0.5, 0.6) is 5.75 Å². The van der Waals surface area contributed by atoms with Crippen molar-refractivity contribution in [3.8, 4) is 5.75 Å². The monoisotopic (exact) mass is 392 g/mol. The van der Waals surface area contributed by atoms with Crippen LogP contribution in [-0.2, 0) is 0 Å². The van der Waals surface area contributed by atoms with Gasteiger partial charge in [-0.05, 0) is 18.9 Å². The average molecular weight is 393 g/mol. The zero-order valence-electron chi connectivity index (χ0n) is 15.8. The van der Waals surface area contributed by atoms with Gasteiger partial charge in [-0.2, -0.15) is 0 Å². The predicted molar refractivity (Wildman–Crippen MR) is 93.7 cm³/mol. The quantitative estimate of drug-likeness (QED) is 0.412. The molecule has 1 saturated heterocycles. The van der Waals surface area contributed by atoms with Crippen molar-refractivity contribution in [3.05, 3.63) is 24.3 Å². The molecule has 25 heavy (non-hydrogen) atoms. The number of aliphatic hydroxyl groups is 1. The second-order valence-corrected chi connectivity index (χ2v) is 6.91. The van der Waals surface area contributed by atoms with Gasteiger partial charge in [-0.25, -0.2) is 0 Å². The van der Waals surface area contributed by atoms with Crippen LogP contribution in [0.2, 0.25) is 0 Å². The van der Waals surface area contributed by atoms with Crippen LogP contribution >= 0.6 is 0 Å². The first kappa shape index (κ1) is 24.5. The van der Waals surface area contributed by atoms with Crippen LogP contribution in [0.3, 0.4) is 0 Å². The Balaban J connectivity index is 0.00000288. The molecule has 0 aromatic heterocycles. The molecule has 1 atom stereocenters. The highest BCUT2D eigenvalue weighted by atomic mass is 35.5. The number of methoxy groups -OCH3 is 1. The summed E-state index contributed by atoms with van der Waals surface area (Å²) in [5, 5.41) is 10.8. The van der Waals surface area contributed by atoms with Crippen LogP contribution in [0.4, 0.5) is 5.69 Å². The summed E-state index contributed by atoms with van der Waals surface area (Å²) in [5.41, 5.74) is 0.790. The Hall–Kier alpha value is -0.520. The van der Waals surface area contributed by atoms with Gasteiger partial charge in [-0.3, -0.25) is 4.90 Å². The van der Waals surface area contributed by atoms with Gasteiger partial charge in [0.25, 0.3) is 0 Å². The summed E-state index contributed by atoms with van der Waals surface area (Å²) in [4.78, 5) is 3.05. The standard InChI is InChI=1S/C19H32N2O2.2ClH/c1-4-6-11-19(22,5-2)16-20-12-14-21(15-13-20)17-9-7-8-10-18(17)23-3;;/h7-10,22H,4-6,11-16H2,1-3H3;2*1H. The first-order chi connectivity index (χ1) is 11.1. The molecule has 0 spiro atoms. The molecule has 0 aliphatic carbocycles. The number of para-hydroxylation sites is 2. The molecule has 1 fully saturated rings. The lowest BCUT2D eigenvalue weighted by Crippen LogP contribution is -3.27. The summed E-state index contributed by atoms with van der Waals surface area (Å²) >= 11 is 0. The molecular weight excluding hydrogens is 359 g/mol. The van der Waals surface area contributed by atoms with Gasteiger partial charge in [0.2, 0.25) is 0 Å². The molecule has 2 rings (SSSR count). The lowest BCUT2D eigenvalue weighted by atomic mass is 9.93. The van der Waals surface area contributed by atoms with E-state index in [9.17, 15) is 5.11 Å². The van der Waals surface area contributed by atoms with E-state index in [0.717, 1.165) is 64.2 Å². The number of nitrogens with one attached hydrogen (secondary N) is 2. The second kappa shape index (κ2) is 12.0. The molecule has 0 saturated carbocycles. The number of piperazine rings is 1. The number of benzene rings is 1. The molecular formula is C19H34Cl2N2O2. The van der Waals surface area contributed by atoms with E-state index in [1.165, 1.54) is 10.6 Å². The normalized spacial score (nSPS) is 22.2. The van der Waals surface area contributed by atoms with Crippen molar-refractivity contribution < 1.29 is 44.5 Å². The smallest absolute Gasteiger partial charge is 0.179 e. The molecule has 146 valence electrons. The van der Waals surface area contributed by atoms with Crippen LogP contribution in [0.15, 0.2) is 24.3 Å². The average Bonchev–Trinajstić information content (AvgIpc) is 2.60. The van der Waals surface area contributed by atoms with Gasteiger partial charge in [-0.15, -0.1) is 0 Å². The number of hydrogen-bond acceptors (Lipinski definition) is 2. The van der Waals surface area contributed by atoms with Gasteiger partial charge < -0.3 is 39.6 Å². The second-order valence-electron chi connectivity index (χ2n) is 6.91. The Morgan fingerprint density at radius 3 is 2.28 bits per heavy atom. The van der Waals surface area contributed by atoms with Gasteiger partial charge in [0, 0.05) is 6.07 Å². The van der Waals surface area contributed by atoms with Gasteiger partial charge in [0.05, 0.1) is 7.11 Å². The molecule has 1 aliphatic heterocycles. The molecule has 0 radical (unpaired) electrons. The van der Waals surface area contributed by atoms with Crippen LogP contribution < -0.4 is 39.4 Å². The highest BCUT2D eigenvalue weighted by Gasteiger charge is 2.33. The van der Waals surface area contributed by atoms with E-state index in [0.29, 0.717) is 0 Å². The van der Waals surface area contributed by atoms with E-state index in [1.54, 1.807) is 12.0 Å². The maximum absolute atomic E-state index is 10.8. The molecule has 1 aromatic rings. The largest absolute Gasteiger partial charge is 1.00 e. The highest BCUT2D eigenvalue weighted by molar-refractivity contribution is 5.45. The zero-order valence-corrected chi connectivity index (χ0v) is 17.3. The molecule has 6 heteroatoms. The highest BCUT2D eigenvalue weighted by Crippen LogP contribution is 2.19. The maximum Gasteiger partial charge on any atom is 0.179 e. The topological polar surface area (TPSA) is 38.3 Å². The van der Waals surface area contributed by atoms with E-state index in [1.807, 2.05) is 12.1 Å². The third kappa shape index (κ3) is 6.95. The van der Waals surface area contributed by atoms with Crippen molar-refractivity contribution in [3.63, 3.8) is 0 Å². The van der Waals surface area contributed by atoms with Crippen LogP contribution in [0, 0.1) is 0 Å². The first-order valence-corrected chi connectivity index (χ1v) is 9.16. The summed E-state index contributed by atoms with van der Waals surface area (Å²) in [7, 11) is 1.74. The van der Waals surface area contributed by atoms with Gasteiger partial charge in [-0.1, -0.05) is 38.8 Å².